The van der Waals surface area contributed by atoms with Gasteiger partial charge in [-0.05, 0) is 31.0 Å². The van der Waals surface area contributed by atoms with Crippen LogP contribution in [0.15, 0.2) is 24.4 Å². The molecule has 1 heterocycles. The highest BCUT2D eigenvalue weighted by molar-refractivity contribution is 6.35. The second-order valence-corrected chi connectivity index (χ2v) is 4.28. The van der Waals surface area contributed by atoms with Gasteiger partial charge in [0.05, 0.1) is 10.5 Å². The molecule has 0 spiro atoms. The molecule has 16 heavy (non-hydrogen) atoms. The summed E-state index contributed by atoms with van der Waals surface area (Å²) in [4.78, 5) is 4.34. The summed E-state index contributed by atoms with van der Waals surface area (Å²) in [5.41, 5.74) is 3.20. The quantitative estimate of drug-likeness (QED) is 0.868. The maximum Gasteiger partial charge on any atom is 0.0911 e. The van der Waals surface area contributed by atoms with Crippen LogP contribution in [0.2, 0.25) is 5.02 Å². The predicted molar refractivity (Wildman–Crippen MR) is 70.3 cm³/mol. The molecular weight excluding hydrogens is 220 g/mol. The number of pyridine rings is 1. The van der Waals surface area contributed by atoms with Crippen LogP contribution in [0.4, 0.5) is 5.69 Å². The van der Waals surface area contributed by atoms with Crippen molar-refractivity contribution in [3.05, 3.63) is 35.0 Å². The second-order valence-electron chi connectivity index (χ2n) is 3.87. The summed E-state index contributed by atoms with van der Waals surface area (Å²) in [7, 11) is 0. The largest absolute Gasteiger partial charge is 0.384 e. The fraction of sp³-hybridized carbons (Fsp3) is 0.308. The average Bonchev–Trinajstić information content (AvgIpc) is 2.31. The number of nitrogens with one attached hydrogen (secondary N) is 1. The molecule has 1 aromatic heterocycles. The Labute approximate surface area is 101 Å². The summed E-state index contributed by atoms with van der Waals surface area (Å²) in [6.45, 7) is 5.19. The van der Waals surface area contributed by atoms with Gasteiger partial charge in [-0.25, -0.2) is 0 Å². The Morgan fingerprint density at radius 2 is 2.12 bits per heavy atom. The molecule has 0 aliphatic carbocycles. The Morgan fingerprint density at radius 3 is 2.88 bits per heavy atom. The third kappa shape index (κ3) is 1.98. The Kier molecular flexibility index (Phi) is 3.30. The molecule has 1 aromatic carbocycles. The smallest absolute Gasteiger partial charge is 0.0911 e. The lowest BCUT2D eigenvalue weighted by Crippen LogP contribution is -2.01. The van der Waals surface area contributed by atoms with Gasteiger partial charge in [0.1, 0.15) is 0 Å². The highest BCUT2D eigenvalue weighted by atomic mass is 35.5. The van der Waals surface area contributed by atoms with Crippen molar-refractivity contribution < 1.29 is 0 Å². The minimum atomic E-state index is 0.709. The number of nitrogens with zero attached hydrogens (tertiary/aromatic N) is 1. The third-order valence-electron chi connectivity index (χ3n) is 2.62. The number of hydrogen-bond acceptors (Lipinski definition) is 2. The van der Waals surface area contributed by atoms with Gasteiger partial charge < -0.3 is 5.32 Å². The molecule has 2 nitrogen and oxygen atoms in total. The van der Waals surface area contributed by atoms with E-state index < -0.39 is 0 Å². The van der Waals surface area contributed by atoms with Crippen LogP contribution in [-0.4, -0.2) is 11.5 Å². The number of fused-ring (bicyclic) bond motifs is 1. The highest BCUT2D eigenvalue weighted by Crippen LogP contribution is 2.30. The summed E-state index contributed by atoms with van der Waals surface area (Å²) >= 11 is 6.14. The zero-order chi connectivity index (χ0) is 11.5. The maximum atomic E-state index is 6.14. The van der Waals surface area contributed by atoms with Gasteiger partial charge in [-0.2, -0.15) is 0 Å². The minimum absolute atomic E-state index is 0.709. The molecule has 0 radical (unpaired) electrons. The molecule has 1 N–H and O–H groups in total. The van der Waals surface area contributed by atoms with E-state index in [4.69, 9.17) is 11.6 Å². The Balaban J connectivity index is 2.61. The predicted octanol–water partition coefficient (Wildman–Crippen LogP) is 4.02. The summed E-state index contributed by atoms with van der Waals surface area (Å²) in [5, 5.41) is 5.24. The number of benzene rings is 1. The molecule has 2 rings (SSSR count). The molecule has 84 valence electrons. The van der Waals surface area contributed by atoms with Crippen LogP contribution in [0.5, 0.6) is 0 Å². The molecule has 0 aliphatic heterocycles. The summed E-state index contributed by atoms with van der Waals surface area (Å²) in [6, 6.07) is 5.93. The molecule has 0 unspecified atom stereocenters. The third-order valence-corrected chi connectivity index (χ3v) is 2.92. The van der Waals surface area contributed by atoms with Gasteiger partial charge in [0.2, 0.25) is 0 Å². The lowest BCUT2D eigenvalue weighted by Gasteiger charge is -2.11. The van der Waals surface area contributed by atoms with E-state index in [0.717, 1.165) is 29.6 Å². The van der Waals surface area contributed by atoms with Crippen molar-refractivity contribution in [3.8, 4) is 0 Å². The van der Waals surface area contributed by atoms with Gasteiger partial charge in [-0.15, -0.1) is 0 Å². The van der Waals surface area contributed by atoms with Crippen molar-refractivity contribution in [1.82, 2.24) is 4.98 Å². The van der Waals surface area contributed by atoms with Crippen molar-refractivity contribution in [3.63, 3.8) is 0 Å². The lowest BCUT2D eigenvalue weighted by molar-refractivity contribution is 0.981. The molecule has 0 saturated heterocycles. The Morgan fingerprint density at radius 1 is 1.31 bits per heavy atom. The number of halogens is 1. The lowest BCUT2D eigenvalue weighted by atomic mass is 10.1. The van der Waals surface area contributed by atoms with Crippen LogP contribution in [0.3, 0.4) is 0 Å². The van der Waals surface area contributed by atoms with Crippen LogP contribution in [0.25, 0.3) is 10.9 Å². The summed E-state index contributed by atoms with van der Waals surface area (Å²) < 4.78 is 0. The van der Waals surface area contributed by atoms with E-state index in [1.165, 1.54) is 5.56 Å². The Hall–Kier alpha value is -1.28. The maximum absolute atomic E-state index is 6.14. The van der Waals surface area contributed by atoms with E-state index in [1.807, 2.05) is 18.2 Å². The number of anilines is 1. The van der Waals surface area contributed by atoms with E-state index in [0.29, 0.717) is 5.02 Å². The van der Waals surface area contributed by atoms with Gasteiger partial charge >= 0.3 is 0 Å². The molecule has 0 atom stereocenters. The highest BCUT2D eigenvalue weighted by Gasteiger charge is 2.07. The Bertz CT molecular complexity index is 509. The zero-order valence-corrected chi connectivity index (χ0v) is 10.3. The molecule has 0 fully saturated rings. The van der Waals surface area contributed by atoms with E-state index in [2.05, 4.69) is 24.1 Å². The number of hydrogen-bond donors (Lipinski definition) is 1. The van der Waals surface area contributed by atoms with Crippen LogP contribution < -0.4 is 5.32 Å². The van der Waals surface area contributed by atoms with Crippen LogP contribution >= 0.6 is 11.6 Å². The first kappa shape index (κ1) is 11.2. The molecule has 0 bridgehead atoms. The first-order valence-electron chi connectivity index (χ1n) is 5.51. The molecule has 0 aliphatic rings. The molecule has 3 heteroatoms. The monoisotopic (exact) mass is 234 g/mol. The SMILES string of the molecule is CCCNc1ccnc2c(Cl)ccc(C)c12. The molecule has 0 amide bonds. The summed E-state index contributed by atoms with van der Waals surface area (Å²) in [5.74, 6) is 0. The number of rotatable bonds is 3. The van der Waals surface area contributed by atoms with Crippen LogP contribution in [0, 0.1) is 6.92 Å². The zero-order valence-electron chi connectivity index (χ0n) is 9.55. The van der Waals surface area contributed by atoms with Crippen molar-refractivity contribution in [2.24, 2.45) is 0 Å². The fourth-order valence-electron chi connectivity index (χ4n) is 1.81. The molecule has 0 saturated carbocycles. The van der Waals surface area contributed by atoms with Crippen molar-refractivity contribution in [2.75, 3.05) is 11.9 Å². The second kappa shape index (κ2) is 4.71. The fourth-order valence-corrected chi connectivity index (χ4v) is 2.02. The van der Waals surface area contributed by atoms with E-state index in [-0.39, 0.29) is 0 Å². The van der Waals surface area contributed by atoms with E-state index in [1.54, 1.807) is 6.20 Å². The van der Waals surface area contributed by atoms with E-state index in [9.17, 15) is 0 Å². The first-order chi connectivity index (χ1) is 7.74. The summed E-state index contributed by atoms with van der Waals surface area (Å²) in [6.07, 6.45) is 2.90. The minimum Gasteiger partial charge on any atom is -0.384 e. The normalized spacial score (nSPS) is 10.7. The van der Waals surface area contributed by atoms with Crippen LogP contribution in [-0.2, 0) is 0 Å². The van der Waals surface area contributed by atoms with Crippen molar-refractivity contribution in [1.29, 1.82) is 0 Å². The van der Waals surface area contributed by atoms with Gasteiger partial charge in [0.25, 0.3) is 0 Å². The molecule has 2 aromatic rings. The average molecular weight is 235 g/mol. The van der Waals surface area contributed by atoms with Crippen molar-refractivity contribution in [2.45, 2.75) is 20.3 Å². The van der Waals surface area contributed by atoms with Gasteiger partial charge in [0.15, 0.2) is 0 Å². The number of aromatic nitrogens is 1. The van der Waals surface area contributed by atoms with Gasteiger partial charge in [-0.1, -0.05) is 24.6 Å². The first-order valence-corrected chi connectivity index (χ1v) is 5.89. The van der Waals surface area contributed by atoms with E-state index >= 15 is 0 Å². The van der Waals surface area contributed by atoms with Crippen molar-refractivity contribution >= 4 is 28.2 Å². The number of aryl methyl sites for hydroxylation is 1. The molecular formula is C13H15ClN2. The van der Waals surface area contributed by atoms with Crippen LogP contribution in [0.1, 0.15) is 18.9 Å². The topological polar surface area (TPSA) is 24.9 Å². The van der Waals surface area contributed by atoms with Gasteiger partial charge in [-0.3, -0.25) is 4.98 Å². The standard InChI is InChI=1S/C13H15ClN2/c1-3-7-15-11-6-8-16-13-10(14)5-4-9(2)12(11)13/h4-6,8H,3,7H2,1-2H3,(H,15,16). The van der Waals surface area contributed by atoms with Gasteiger partial charge in [0, 0.05) is 23.8 Å².